The van der Waals surface area contributed by atoms with Crippen LogP contribution in [0.3, 0.4) is 0 Å². The van der Waals surface area contributed by atoms with Crippen LogP contribution >= 0.6 is 0 Å². The van der Waals surface area contributed by atoms with E-state index in [1.54, 1.807) is 19.1 Å². The van der Waals surface area contributed by atoms with E-state index in [1.165, 1.54) is 24.3 Å². The Balaban J connectivity index is 2.05. The van der Waals surface area contributed by atoms with Crippen LogP contribution in [0.1, 0.15) is 22.8 Å². The van der Waals surface area contributed by atoms with Gasteiger partial charge in [-0.3, -0.25) is 9.00 Å². The maximum absolute atomic E-state index is 12.9. The molecule has 0 spiro atoms. The second-order valence-electron chi connectivity index (χ2n) is 5.30. The smallest absolute Gasteiger partial charge is 0.418 e. The van der Waals surface area contributed by atoms with E-state index in [4.69, 9.17) is 4.74 Å². The summed E-state index contributed by atoms with van der Waals surface area (Å²) < 4.78 is 55.6. The molecule has 0 heterocycles. The summed E-state index contributed by atoms with van der Waals surface area (Å²) in [4.78, 5) is 24.3. The fourth-order valence-corrected chi connectivity index (χ4v) is 3.16. The van der Waals surface area contributed by atoms with Crippen molar-refractivity contribution in [3.8, 4) is 0 Å². The minimum absolute atomic E-state index is 0.0428. The van der Waals surface area contributed by atoms with Crippen molar-refractivity contribution in [1.29, 1.82) is 0 Å². The number of anilines is 1. The first kappa shape index (κ1) is 20.6. The van der Waals surface area contributed by atoms with Crippen molar-refractivity contribution in [1.82, 2.24) is 0 Å². The maximum Gasteiger partial charge on any atom is 0.418 e. The Morgan fingerprint density at radius 3 is 2.37 bits per heavy atom. The molecule has 0 aromatic heterocycles. The summed E-state index contributed by atoms with van der Waals surface area (Å²) in [6.07, 6.45) is -4.64. The normalized spacial score (nSPS) is 12.3. The lowest BCUT2D eigenvalue weighted by Gasteiger charge is -2.13. The summed E-state index contributed by atoms with van der Waals surface area (Å²) >= 11 is 0. The molecule has 0 fully saturated rings. The van der Waals surface area contributed by atoms with Crippen molar-refractivity contribution in [2.45, 2.75) is 18.0 Å². The number of benzene rings is 2. The molecular weight excluding hydrogens is 383 g/mol. The molecule has 0 saturated heterocycles. The first-order chi connectivity index (χ1) is 12.7. The maximum atomic E-state index is 12.9. The van der Waals surface area contributed by atoms with Gasteiger partial charge >= 0.3 is 12.1 Å². The highest BCUT2D eigenvalue weighted by Gasteiger charge is 2.33. The zero-order valence-corrected chi connectivity index (χ0v) is 15.0. The second-order valence-corrected chi connectivity index (χ2v) is 7.01. The lowest BCUT2D eigenvalue weighted by molar-refractivity contribution is -0.137. The predicted molar refractivity (Wildman–Crippen MR) is 93.7 cm³/mol. The number of ether oxygens (including phenoxy) is 1. The van der Waals surface area contributed by atoms with Gasteiger partial charge in [-0.15, -0.1) is 0 Å². The summed E-state index contributed by atoms with van der Waals surface area (Å²) in [7, 11) is -1.41. The van der Waals surface area contributed by atoms with E-state index in [1.807, 2.05) is 0 Å². The minimum atomic E-state index is -4.64. The molecule has 0 unspecified atom stereocenters. The van der Waals surface area contributed by atoms with Gasteiger partial charge < -0.3 is 10.1 Å². The number of carbonyl (C=O) groups is 2. The number of para-hydroxylation sites is 1. The number of hydrogen-bond acceptors (Lipinski definition) is 4. The Bertz CT molecular complexity index is 868. The lowest BCUT2D eigenvalue weighted by atomic mass is 10.1. The number of carbonyl (C=O) groups excluding carboxylic acids is 2. The highest BCUT2D eigenvalue weighted by molar-refractivity contribution is 7.85. The molecule has 27 heavy (non-hydrogen) atoms. The topological polar surface area (TPSA) is 72.5 Å². The number of esters is 1. The first-order valence-corrected chi connectivity index (χ1v) is 9.16. The predicted octanol–water partition coefficient (Wildman–Crippen LogP) is 3.63. The van der Waals surface area contributed by atoms with Crippen LogP contribution in [-0.4, -0.2) is 28.4 Å². The highest BCUT2D eigenvalue weighted by Crippen LogP contribution is 2.34. The third-order valence-corrected chi connectivity index (χ3v) is 4.83. The van der Waals surface area contributed by atoms with Crippen LogP contribution in [0.25, 0.3) is 0 Å². The van der Waals surface area contributed by atoms with Crippen LogP contribution in [-0.2, 0) is 26.5 Å². The molecule has 1 atom stereocenters. The van der Waals surface area contributed by atoms with Crippen LogP contribution in [0, 0.1) is 0 Å². The summed E-state index contributed by atoms with van der Waals surface area (Å²) in [6, 6.07) is 10.5. The fourth-order valence-electron chi connectivity index (χ4n) is 2.22. The quantitative estimate of drug-likeness (QED) is 0.753. The zero-order valence-electron chi connectivity index (χ0n) is 14.2. The molecular formula is C18H16F3NO4S. The van der Waals surface area contributed by atoms with Gasteiger partial charge in [-0.2, -0.15) is 13.2 Å². The van der Waals surface area contributed by atoms with Crippen molar-refractivity contribution in [3.05, 3.63) is 59.7 Å². The fraction of sp³-hybridized carbons (Fsp3) is 0.222. The van der Waals surface area contributed by atoms with E-state index < -0.39 is 46.7 Å². The van der Waals surface area contributed by atoms with Gasteiger partial charge in [0.05, 0.1) is 32.5 Å². The highest BCUT2D eigenvalue weighted by atomic mass is 32.2. The van der Waals surface area contributed by atoms with Gasteiger partial charge in [0.1, 0.15) is 0 Å². The second kappa shape index (κ2) is 8.81. The summed E-state index contributed by atoms with van der Waals surface area (Å²) in [5, 5.41) is 2.08. The Morgan fingerprint density at radius 2 is 1.70 bits per heavy atom. The van der Waals surface area contributed by atoms with Gasteiger partial charge in [0.15, 0.2) is 6.61 Å². The van der Waals surface area contributed by atoms with Crippen molar-refractivity contribution in [2.75, 3.05) is 17.7 Å². The third-order valence-electron chi connectivity index (χ3n) is 3.46. The Labute approximate surface area is 156 Å². The van der Waals surface area contributed by atoms with Crippen molar-refractivity contribution in [3.63, 3.8) is 0 Å². The van der Waals surface area contributed by atoms with Crippen LogP contribution in [0.5, 0.6) is 0 Å². The molecule has 0 aliphatic carbocycles. The van der Waals surface area contributed by atoms with Crippen LogP contribution in [0.15, 0.2) is 53.4 Å². The van der Waals surface area contributed by atoms with E-state index in [0.29, 0.717) is 5.75 Å². The molecule has 9 heteroatoms. The summed E-state index contributed by atoms with van der Waals surface area (Å²) in [5.74, 6) is -1.51. The largest absolute Gasteiger partial charge is 0.452 e. The molecule has 0 bridgehead atoms. The van der Waals surface area contributed by atoms with E-state index in [0.717, 1.165) is 12.1 Å². The summed E-state index contributed by atoms with van der Waals surface area (Å²) in [6.45, 7) is 0.905. The molecule has 0 aliphatic rings. The molecule has 2 rings (SSSR count). The van der Waals surface area contributed by atoms with Crippen molar-refractivity contribution < 1.29 is 31.7 Å². The molecule has 144 valence electrons. The van der Waals surface area contributed by atoms with Crippen LogP contribution < -0.4 is 5.32 Å². The molecule has 1 N–H and O–H groups in total. The Morgan fingerprint density at radius 1 is 1.07 bits per heavy atom. The Kier molecular flexibility index (Phi) is 6.73. The van der Waals surface area contributed by atoms with Crippen LogP contribution in [0.2, 0.25) is 0 Å². The zero-order chi connectivity index (χ0) is 20.0. The number of alkyl halides is 3. The minimum Gasteiger partial charge on any atom is -0.452 e. The van der Waals surface area contributed by atoms with Gasteiger partial charge in [-0.1, -0.05) is 31.2 Å². The van der Waals surface area contributed by atoms with E-state index in [-0.39, 0.29) is 10.5 Å². The molecule has 2 aromatic rings. The summed E-state index contributed by atoms with van der Waals surface area (Å²) in [5.41, 5.74) is -1.40. The van der Waals surface area contributed by atoms with Crippen molar-refractivity contribution in [2.24, 2.45) is 0 Å². The molecule has 2 aromatic carbocycles. The number of rotatable bonds is 6. The monoisotopic (exact) mass is 399 g/mol. The number of amides is 1. The third kappa shape index (κ3) is 5.40. The Hall–Kier alpha value is -2.68. The van der Waals surface area contributed by atoms with Crippen molar-refractivity contribution >= 4 is 28.4 Å². The van der Waals surface area contributed by atoms with E-state index >= 15 is 0 Å². The van der Waals surface area contributed by atoms with Gasteiger partial charge in [0.25, 0.3) is 5.91 Å². The number of nitrogens with one attached hydrogen (secondary N) is 1. The molecule has 0 radical (unpaired) electrons. The van der Waals surface area contributed by atoms with E-state index in [9.17, 15) is 27.0 Å². The van der Waals surface area contributed by atoms with Gasteiger partial charge in [-0.05, 0) is 24.3 Å². The molecule has 5 nitrogen and oxygen atoms in total. The standard InChI is InChI=1S/C18H16F3NO4S/c1-2-27(25)15-10-6-3-7-12(15)17(24)26-11-16(23)22-14-9-5-4-8-13(14)18(19,20)21/h3-10H,2,11H2,1H3,(H,22,23)/t27-/m0/s1. The van der Waals surface area contributed by atoms with E-state index in [2.05, 4.69) is 5.32 Å². The lowest BCUT2D eigenvalue weighted by Crippen LogP contribution is -2.23. The van der Waals surface area contributed by atoms with Gasteiger partial charge in [-0.25, -0.2) is 4.79 Å². The molecule has 1 amide bonds. The first-order valence-electron chi connectivity index (χ1n) is 7.84. The molecule has 0 saturated carbocycles. The average Bonchev–Trinajstić information content (AvgIpc) is 2.65. The number of halogens is 3. The average molecular weight is 399 g/mol. The SMILES string of the molecule is CC[S@](=O)c1ccccc1C(=O)OCC(=O)Nc1ccccc1C(F)(F)F. The van der Waals surface area contributed by atoms with Gasteiger partial charge in [0, 0.05) is 5.75 Å². The molecule has 0 aliphatic heterocycles. The van der Waals surface area contributed by atoms with Crippen LogP contribution in [0.4, 0.5) is 18.9 Å². The van der Waals surface area contributed by atoms with Gasteiger partial charge in [0.2, 0.25) is 0 Å². The number of hydrogen-bond donors (Lipinski definition) is 1.